The summed E-state index contributed by atoms with van der Waals surface area (Å²) in [7, 11) is -4.15. The van der Waals surface area contributed by atoms with Crippen LogP contribution in [0.3, 0.4) is 0 Å². The molecule has 0 bridgehead atoms. The lowest BCUT2D eigenvalue weighted by Gasteiger charge is -2.14. The number of para-hydroxylation sites is 1. The van der Waals surface area contributed by atoms with Gasteiger partial charge in [0.05, 0.1) is 6.10 Å². The highest BCUT2D eigenvalue weighted by atomic mass is 32.2. The van der Waals surface area contributed by atoms with Gasteiger partial charge in [-0.05, 0) is 25.5 Å². The number of ether oxygens (including phenoxy) is 1. The number of alkyl halides is 3. The minimum atomic E-state index is -4.98. The van der Waals surface area contributed by atoms with Crippen LogP contribution in [0.2, 0.25) is 0 Å². The van der Waals surface area contributed by atoms with Crippen LogP contribution >= 0.6 is 0 Å². The minimum absolute atomic E-state index is 0.0969. The number of benzene rings is 1. The van der Waals surface area contributed by atoms with Crippen LogP contribution in [0, 0.1) is 0 Å². The molecule has 0 fully saturated rings. The van der Waals surface area contributed by atoms with Crippen molar-refractivity contribution in [2.24, 2.45) is 0 Å². The molecule has 1 aromatic carbocycles. The fraction of sp³-hybridized carbons (Fsp3) is 0.455. The largest absolute Gasteiger partial charge is 0.573 e. The Labute approximate surface area is 114 Å². The van der Waals surface area contributed by atoms with Crippen molar-refractivity contribution in [2.75, 3.05) is 6.54 Å². The zero-order valence-corrected chi connectivity index (χ0v) is 11.3. The van der Waals surface area contributed by atoms with Crippen LogP contribution < -0.4 is 9.46 Å². The summed E-state index contributed by atoms with van der Waals surface area (Å²) in [5, 5.41) is 9.02. The third-order valence-electron chi connectivity index (χ3n) is 2.22. The van der Waals surface area contributed by atoms with Crippen LogP contribution in [-0.2, 0) is 10.0 Å². The predicted molar refractivity (Wildman–Crippen MR) is 64.6 cm³/mol. The Kier molecular flexibility index (Phi) is 5.37. The van der Waals surface area contributed by atoms with Crippen LogP contribution in [-0.4, -0.2) is 32.5 Å². The molecule has 0 heterocycles. The van der Waals surface area contributed by atoms with Gasteiger partial charge in [0, 0.05) is 6.54 Å². The van der Waals surface area contributed by atoms with Gasteiger partial charge < -0.3 is 9.84 Å². The van der Waals surface area contributed by atoms with Gasteiger partial charge in [0.25, 0.3) is 0 Å². The molecule has 0 aliphatic rings. The molecule has 1 atom stereocenters. The van der Waals surface area contributed by atoms with Crippen molar-refractivity contribution in [1.29, 1.82) is 0 Å². The first-order chi connectivity index (χ1) is 9.12. The number of sulfonamides is 1. The number of hydrogen-bond donors (Lipinski definition) is 2. The van der Waals surface area contributed by atoms with E-state index in [1.54, 1.807) is 0 Å². The SMILES string of the molecule is CC(O)CCNS(=O)(=O)c1ccccc1OC(F)(F)F. The molecule has 2 N–H and O–H groups in total. The van der Waals surface area contributed by atoms with Crippen molar-refractivity contribution in [3.8, 4) is 5.75 Å². The lowest BCUT2D eigenvalue weighted by molar-refractivity contribution is -0.275. The van der Waals surface area contributed by atoms with Crippen molar-refractivity contribution in [3.63, 3.8) is 0 Å². The summed E-state index contributed by atoms with van der Waals surface area (Å²) >= 11 is 0. The maximum absolute atomic E-state index is 12.2. The highest BCUT2D eigenvalue weighted by Gasteiger charge is 2.33. The van der Waals surface area contributed by atoms with Gasteiger partial charge in [0.1, 0.15) is 10.6 Å². The smallest absolute Gasteiger partial charge is 0.404 e. The number of rotatable bonds is 6. The molecule has 1 rings (SSSR count). The molecule has 0 amide bonds. The molecule has 0 aliphatic heterocycles. The fourth-order valence-corrected chi connectivity index (χ4v) is 2.54. The van der Waals surface area contributed by atoms with Crippen LogP contribution in [0.25, 0.3) is 0 Å². The quantitative estimate of drug-likeness (QED) is 0.837. The lowest BCUT2D eigenvalue weighted by atomic mass is 10.3. The van der Waals surface area contributed by atoms with E-state index in [9.17, 15) is 21.6 Å². The molecule has 9 heteroatoms. The van der Waals surface area contributed by atoms with Crippen molar-refractivity contribution in [1.82, 2.24) is 4.72 Å². The predicted octanol–water partition coefficient (Wildman–Crippen LogP) is 1.63. The molecule has 0 aromatic heterocycles. The zero-order chi connectivity index (χ0) is 15.4. The number of aliphatic hydroxyl groups excluding tert-OH is 1. The normalized spacial score (nSPS) is 14.1. The van der Waals surface area contributed by atoms with E-state index >= 15 is 0 Å². The molecular weight excluding hydrogens is 299 g/mol. The number of nitrogens with one attached hydrogen (secondary N) is 1. The molecule has 1 aromatic rings. The van der Waals surface area contributed by atoms with Crippen molar-refractivity contribution >= 4 is 10.0 Å². The molecule has 1 unspecified atom stereocenters. The van der Waals surface area contributed by atoms with Gasteiger partial charge in [0.2, 0.25) is 10.0 Å². The molecule has 5 nitrogen and oxygen atoms in total. The summed E-state index contributed by atoms with van der Waals surface area (Å²) in [6, 6.07) is 4.44. The zero-order valence-electron chi connectivity index (χ0n) is 10.5. The monoisotopic (exact) mass is 313 g/mol. The Morgan fingerprint density at radius 1 is 1.35 bits per heavy atom. The molecule has 0 saturated heterocycles. The molecule has 0 radical (unpaired) electrons. The van der Waals surface area contributed by atoms with E-state index in [1.165, 1.54) is 19.1 Å². The second-order valence-electron chi connectivity index (χ2n) is 4.03. The maximum atomic E-state index is 12.2. The van der Waals surface area contributed by atoms with Gasteiger partial charge in [-0.3, -0.25) is 0 Å². The second kappa shape index (κ2) is 6.42. The Bertz CT molecular complexity index is 543. The molecule has 20 heavy (non-hydrogen) atoms. The Morgan fingerprint density at radius 2 is 1.95 bits per heavy atom. The van der Waals surface area contributed by atoms with Crippen LogP contribution in [0.15, 0.2) is 29.2 Å². The third-order valence-corrected chi connectivity index (χ3v) is 3.72. The first kappa shape index (κ1) is 16.7. The fourth-order valence-electron chi connectivity index (χ4n) is 1.36. The summed E-state index contributed by atoms with van der Waals surface area (Å²) in [4.78, 5) is -0.608. The van der Waals surface area contributed by atoms with E-state index in [0.717, 1.165) is 12.1 Å². The second-order valence-corrected chi connectivity index (χ2v) is 5.77. The van der Waals surface area contributed by atoms with Gasteiger partial charge in [0.15, 0.2) is 0 Å². The number of hydrogen-bond acceptors (Lipinski definition) is 4. The standard InChI is InChI=1S/C11H14F3NO4S/c1-8(16)6-7-15-20(17,18)10-5-3-2-4-9(10)19-11(12,13)14/h2-5,8,15-16H,6-7H2,1H3. The average Bonchev–Trinajstić information content (AvgIpc) is 2.26. The van der Waals surface area contributed by atoms with Crippen molar-refractivity contribution in [3.05, 3.63) is 24.3 Å². The Hall–Kier alpha value is -1.32. The summed E-state index contributed by atoms with van der Waals surface area (Å²) < 4.78 is 66.1. The molecule has 114 valence electrons. The van der Waals surface area contributed by atoms with Gasteiger partial charge >= 0.3 is 6.36 Å². The Morgan fingerprint density at radius 3 is 2.50 bits per heavy atom. The van der Waals surface area contributed by atoms with E-state index in [0.29, 0.717) is 0 Å². The first-order valence-corrected chi connectivity index (χ1v) is 7.12. The summed E-state index contributed by atoms with van der Waals surface area (Å²) in [5.74, 6) is -0.801. The molecule has 0 aliphatic carbocycles. The maximum Gasteiger partial charge on any atom is 0.573 e. The number of aliphatic hydroxyl groups is 1. The minimum Gasteiger partial charge on any atom is -0.404 e. The lowest BCUT2D eigenvalue weighted by Crippen LogP contribution is -2.28. The highest BCUT2D eigenvalue weighted by molar-refractivity contribution is 7.89. The van der Waals surface area contributed by atoms with Crippen molar-refractivity contribution in [2.45, 2.75) is 30.7 Å². The number of halogens is 3. The first-order valence-electron chi connectivity index (χ1n) is 5.64. The van der Waals surface area contributed by atoms with Crippen LogP contribution in [0.5, 0.6) is 5.75 Å². The topological polar surface area (TPSA) is 75.6 Å². The van der Waals surface area contributed by atoms with E-state index in [1.807, 2.05) is 0 Å². The average molecular weight is 313 g/mol. The van der Waals surface area contributed by atoms with E-state index in [4.69, 9.17) is 5.11 Å². The van der Waals surface area contributed by atoms with Gasteiger partial charge in [-0.2, -0.15) is 0 Å². The summed E-state index contributed by atoms with van der Waals surface area (Å²) in [5.41, 5.74) is 0. The third kappa shape index (κ3) is 5.35. The highest BCUT2D eigenvalue weighted by Crippen LogP contribution is 2.29. The van der Waals surface area contributed by atoms with Gasteiger partial charge in [-0.25, -0.2) is 13.1 Å². The molecular formula is C11H14F3NO4S. The summed E-state index contributed by atoms with van der Waals surface area (Å²) in [6.07, 6.45) is -5.56. The van der Waals surface area contributed by atoms with Crippen LogP contribution in [0.1, 0.15) is 13.3 Å². The Balaban J connectivity index is 2.94. The van der Waals surface area contributed by atoms with E-state index < -0.39 is 33.1 Å². The molecule has 0 saturated carbocycles. The van der Waals surface area contributed by atoms with Gasteiger partial charge in [-0.1, -0.05) is 12.1 Å². The van der Waals surface area contributed by atoms with E-state index in [-0.39, 0.29) is 13.0 Å². The van der Waals surface area contributed by atoms with E-state index in [2.05, 4.69) is 9.46 Å². The molecule has 0 spiro atoms. The van der Waals surface area contributed by atoms with Crippen LogP contribution in [0.4, 0.5) is 13.2 Å². The van der Waals surface area contributed by atoms with Crippen molar-refractivity contribution < 1.29 is 31.4 Å². The van der Waals surface area contributed by atoms with Gasteiger partial charge in [-0.15, -0.1) is 13.2 Å². The summed E-state index contributed by atoms with van der Waals surface area (Å²) in [6.45, 7) is 1.37.